The minimum Gasteiger partial charge on any atom is -0.493 e. The summed E-state index contributed by atoms with van der Waals surface area (Å²) in [4.78, 5) is 22.4. The van der Waals surface area contributed by atoms with Crippen LogP contribution >= 0.6 is 0 Å². The Morgan fingerprint density at radius 3 is 2.71 bits per heavy atom. The van der Waals surface area contributed by atoms with Gasteiger partial charge < -0.3 is 19.9 Å². The van der Waals surface area contributed by atoms with Gasteiger partial charge in [0.1, 0.15) is 5.75 Å². The van der Waals surface area contributed by atoms with Crippen LogP contribution in [-0.4, -0.2) is 43.3 Å². The molecular weight excluding hydrogens is 274 g/mol. The summed E-state index contributed by atoms with van der Waals surface area (Å²) in [6, 6.07) is 7.66. The summed E-state index contributed by atoms with van der Waals surface area (Å²) >= 11 is 0. The fourth-order valence-electron chi connectivity index (χ4n) is 1.65. The van der Waals surface area contributed by atoms with Crippen LogP contribution in [0.25, 0.3) is 0 Å². The Bertz CT molecular complexity index is 475. The summed E-state index contributed by atoms with van der Waals surface area (Å²) in [7, 11) is 1.18. The third-order valence-corrected chi connectivity index (χ3v) is 2.87. The summed E-state index contributed by atoms with van der Waals surface area (Å²) in [5.74, 6) is -0.205. The molecule has 0 saturated heterocycles. The fraction of sp³-hybridized carbons (Fsp3) is 0.467. The number of esters is 1. The van der Waals surface area contributed by atoms with Crippen LogP contribution in [0.1, 0.15) is 18.4 Å². The Labute approximate surface area is 124 Å². The van der Waals surface area contributed by atoms with E-state index in [0.29, 0.717) is 13.0 Å². The van der Waals surface area contributed by atoms with E-state index >= 15 is 0 Å². The van der Waals surface area contributed by atoms with E-state index in [1.807, 2.05) is 31.2 Å². The van der Waals surface area contributed by atoms with Gasteiger partial charge in [0, 0.05) is 6.42 Å². The van der Waals surface area contributed by atoms with E-state index in [-0.39, 0.29) is 18.9 Å². The van der Waals surface area contributed by atoms with Crippen LogP contribution in [-0.2, 0) is 14.3 Å². The standard InChI is InChI=1S/C15H21NO5/c1-11-6-3-4-7-13(11)21-9-5-8-14(18)16-10-12(17)15(19)20-2/h3-4,6-7,12,17H,5,8-10H2,1-2H3,(H,16,18). The van der Waals surface area contributed by atoms with Crippen molar-refractivity contribution in [3.63, 3.8) is 0 Å². The number of aryl methyl sites for hydroxylation is 1. The van der Waals surface area contributed by atoms with Gasteiger partial charge in [-0.05, 0) is 25.0 Å². The molecule has 6 nitrogen and oxygen atoms in total. The maximum absolute atomic E-state index is 11.5. The predicted molar refractivity (Wildman–Crippen MR) is 76.9 cm³/mol. The van der Waals surface area contributed by atoms with Gasteiger partial charge in [0.05, 0.1) is 20.3 Å². The summed E-state index contributed by atoms with van der Waals surface area (Å²) in [5, 5.41) is 11.8. The zero-order valence-corrected chi connectivity index (χ0v) is 12.3. The van der Waals surface area contributed by atoms with Crippen LogP contribution in [0.4, 0.5) is 0 Å². The second kappa shape index (κ2) is 8.97. The van der Waals surface area contributed by atoms with Gasteiger partial charge in [0.15, 0.2) is 6.10 Å². The Hall–Kier alpha value is -2.08. The van der Waals surface area contributed by atoms with Crippen molar-refractivity contribution in [1.29, 1.82) is 0 Å². The molecule has 0 fully saturated rings. The van der Waals surface area contributed by atoms with E-state index in [2.05, 4.69) is 10.1 Å². The molecule has 1 unspecified atom stereocenters. The molecule has 0 saturated carbocycles. The fourth-order valence-corrected chi connectivity index (χ4v) is 1.65. The van der Waals surface area contributed by atoms with Crippen molar-refractivity contribution in [3.8, 4) is 5.75 Å². The first-order valence-corrected chi connectivity index (χ1v) is 6.75. The molecule has 0 radical (unpaired) electrons. The number of hydrogen-bond acceptors (Lipinski definition) is 5. The van der Waals surface area contributed by atoms with Gasteiger partial charge in [0.25, 0.3) is 0 Å². The highest BCUT2D eigenvalue weighted by Crippen LogP contribution is 2.16. The molecule has 2 N–H and O–H groups in total. The van der Waals surface area contributed by atoms with Crippen LogP contribution in [0.3, 0.4) is 0 Å². The van der Waals surface area contributed by atoms with Gasteiger partial charge in [-0.2, -0.15) is 0 Å². The smallest absolute Gasteiger partial charge is 0.336 e. The second-order valence-electron chi connectivity index (χ2n) is 4.56. The Balaban J connectivity index is 2.17. The highest BCUT2D eigenvalue weighted by molar-refractivity contribution is 5.78. The number of rotatable bonds is 8. The number of para-hydroxylation sites is 1. The molecule has 1 amide bonds. The molecule has 0 aliphatic carbocycles. The number of ether oxygens (including phenoxy) is 2. The molecule has 0 aromatic heterocycles. The predicted octanol–water partition coefficient (Wildman–Crippen LogP) is 0.804. The molecule has 21 heavy (non-hydrogen) atoms. The maximum atomic E-state index is 11.5. The number of aliphatic hydroxyl groups is 1. The highest BCUT2D eigenvalue weighted by Gasteiger charge is 2.15. The van der Waals surface area contributed by atoms with Crippen molar-refractivity contribution in [3.05, 3.63) is 29.8 Å². The lowest BCUT2D eigenvalue weighted by molar-refractivity contribution is -0.150. The van der Waals surface area contributed by atoms with Crippen LogP contribution in [0.5, 0.6) is 5.75 Å². The number of carbonyl (C=O) groups excluding carboxylic acids is 2. The molecule has 0 bridgehead atoms. The maximum Gasteiger partial charge on any atom is 0.336 e. The minimum atomic E-state index is -1.33. The van der Waals surface area contributed by atoms with Crippen LogP contribution in [0.15, 0.2) is 24.3 Å². The molecule has 116 valence electrons. The number of aliphatic hydroxyl groups excluding tert-OH is 1. The van der Waals surface area contributed by atoms with Gasteiger partial charge in [-0.25, -0.2) is 4.79 Å². The number of carbonyl (C=O) groups is 2. The van der Waals surface area contributed by atoms with Crippen molar-refractivity contribution >= 4 is 11.9 Å². The first-order valence-electron chi connectivity index (χ1n) is 6.75. The molecule has 0 aliphatic heterocycles. The highest BCUT2D eigenvalue weighted by atomic mass is 16.5. The molecule has 6 heteroatoms. The van der Waals surface area contributed by atoms with Gasteiger partial charge in [-0.3, -0.25) is 4.79 Å². The Kier molecular flexibility index (Phi) is 7.25. The largest absolute Gasteiger partial charge is 0.493 e. The SMILES string of the molecule is COC(=O)C(O)CNC(=O)CCCOc1ccccc1C. The van der Waals surface area contributed by atoms with Crippen LogP contribution < -0.4 is 10.1 Å². The molecule has 0 spiro atoms. The zero-order chi connectivity index (χ0) is 15.7. The number of benzene rings is 1. The average Bonchev–Trinajstić information content (AvgIpc) is 2.49. The molecular formula is C15H21NO5. The van der Waals surface area contributed by atoms with Crippen LogP contribution in [0, 0.1) is 6.92 Å². The van der Waals surface area contributed by atoms with Gasteiger partial charge in [0.2, 0.25) is 5.91 Å². The second-order valence-corrected chi connectivity index (χ2v) is 4.56. The van der Waals surface area contributed by atoms with E-state index in [1.165, 1.54) is 7.11 Å². The lowest BCUT2D eigenvalue weighted by atomic mass is 10.2. The third kappa shape index (κ3) is 6.27. The molecule has 1 aromatic carbocycles. The lowest BCUT2D eigenvalue weighted by Gasteiger charge is -2.10. The van der Waals surface area contributed by atoms with Crippen molar-refractivity contribution in [2.24, 2.45) is 0 Å². The molecule has 0 heterocycles. The summed E-state index contributed by atoms with van der Waals surface area (Å²) < 4.78 is 9.91. The summed E-state index contributed by atoms with van der Waals surface area (Å²) in [6.45, 7) is 2.23. The van der Waals surface area contributed by atoms with E-state index in [0.717, 1.165) is 11.3 Å². The van der Waals surface area contributed by atoms with Crippen molar-refractivity contribution < 1.29 is 24.2 Å². The topological polar surface area (TPSA) is 84.9 Å². The number of hydrogen-bond donors (Lipinski definition) is 2. The zero-order valence-electron chi connectivity index (χ0n) is 12.3. The first-order chi connectivity index (χ1) is 10.0. The molecule has 1 aromatic rings. The molecule has 0 aliphatic rings. The van der Waals surface area contributed by atoms with Crippen molar-refractivity contribution in [2.45, 2.75) is 25.9 Å². The normalized spacial score (nSPS) is 11.6. The van der Waals surface area contributed by atoms with E-state index in [4.69, 9.17) is 4.74 Å². The summed E-state index contributed by atoms with van der Waals surface area (Å²) in [5.41, 5.74) is 1.04. The van der Waals surface area contributed by atoms with Crippen molar-refractivity contribution in [1.82, 2.24) is 5.32 Å². The first kappa shape index (κ1) is 17.0. The monoisotopic (exact) mass is 295 g/mol. The lowest BCUT2D eigenvalue weighted by Crippen LogP contribution is -2.37. The Morgan fingerprint density at radius 1 is 1.33 bits per heavy atom. The minimum absolute atomic E-state index is 0.149. The van der Waals surface area contributed by atoms with Gasteiger partial charge >= 0.3 is 5.97 Å². The summed E-state index contributed by atoms with van der Waals surface area (Å²) in [6.07, 6.45) is -0.518. The number of nitrogens with one attached hydrogen (secondary N) is 1. The quantitative estimate of drug-likeness (QED) is 0.547. The van der Waals surface area contributed by atoms with Gasteiger partial charge in [-0.1, -0.05) is 18.2 Å². The Morgan fingerprint density at radius 2 is 2.05 bits per heavy atom. The van der Waals surface area contributed by atoms with Crippen LogP contribution in [0.2, 0.25) is 0 Å². The van der Waals surface area contributed by atoms with E-state index < -0.39 is 12.1 Å². The van der Waals surface area contributed by atoms with E-state index in [9.17, 15) is 14.7 Å². The average molecular weight is 295 g/mol. The molecule has 1 rings (SSSR count). The van der Waals surface area contributed by atoms with E-state index in [1.54, 1.807) is 0 Å². The van der Waals surface area contributed by atoms with Crippen molar-refractivity contribution in [2.75, 3.05) is 20.3 Å². The third-order valence-electron chi connectivity index (χ3n) is 2.87. The van der Waals surface area contributed by atoms with Gasteiger partial charge in [-0.15, -0.1) is 0 Å². The molecule has 1 atom stereocenters. The number of methoxy groups -OCH3 is 1. The number of amides is 1.